The highest BCUT2D eigenvalue weighted by atomic mass is 79.9. The Balaban J connectivity index is 2.05. The van der Waals surface area contributed by atoms with E-state index in [1.165, 1.54) is 19.3 Å². The number of hydrogen-bond acceptors (Lipinski definition) is 2. The standard InChI is InChI=1S/C11H13BrClNO/c12-9-4-8(13)5-10(14)11(9)15-6-7-2-1-3-7/h4-5,7H,1-3,6,14H2. The van der Waals surface area contributed by atoms with Crippen LogP contribution in [0, 0.1) is 5.92 Å². The van der Waals surface area contributed by atoms with Gasteiger partial charge in [0.25, 0.3) is 0 Å². The Kier molecular flexibility index (Phi) is 3.42. The first-order valence-electron chi connectivity index (χ1n) is 5.04. The van der Waals surface area contributed by atoms with E-state index in [0.717, 1.165) is 11.1 Å². The highest BCUT2D eigenvalue weighted by Gasteiger charge is 2.19. The number of nitrogens with two attached hydrogens (primary N) is 1. The third-order valence-electron chi connectivity index (χ3n) is 2.73. The fourth-order valence-corrected chi connectivity index (χ4v) is 2.54. The van der Waals surface area contributed by atoms with Crippen LogP contribution in [0.15, 0.2) is 16.6 Å². The molecule has 82 valence electrons. The van der Waals surface area contributed by atoms with E-state index in [9.17, 15) is 0 Å². The summed E-state index contributed by atoms with van der Waals surface area (Å²) >= 11 is 9.26. The average molecular weight is 291 g/mol. The van der Waals surface area contributed by atoms with Crippen molar-refractivity contribution in [1.29, 1.82) is 0 Å². The molecular weight excluding hydrogens is 277 g/mol. The van der Waals surface area contributed by atoms with E-state index < -0.39 is 0 Å². The lowest BCUT2D eigenvalue weighted by Crippen LogP contribution is -2.19. The van der Waals surface area contributed by atoms with Crippen LogP contribution in [0.1, 0.15) is 19.3 Å². The van der Waals surface area contributed by atoms with Crippen LogP contribution in [-0.2, 0) is 0 Å². The van der Waals surface area contributed by atoms with Crippen LogP contribution in [0.25, 0.3) is 0 Å². The molecule has 1 aliphatic rings. The summed E-state index contributed by atoms with van der Waals surface area (Å²) in [6, 6.07) is 3.51. The highest BCUT2D eigenvalue weighted by Crippen LogP contribution is 2.36. The lowest BCUT2D eigenvalue weighted by Gasteiger charge is -2.25. The maximum Gasteiger partial charge on any atom is 0.156 e. The van der Waals surface area contributed by atoms with Gasteiger partial charge in [-0.1, -0.05) is 18.0 Å². The molecule has 0 amide bonds. The summed E-state index contributed by atoms with van der Waals surface area (Å²) in [6.45, 7) is 0.754. The largest absolute Gasteiger partial charge is 0.490 e. The summed E-state index contributed by atoms with van der Waals surface area (Å²) in [5.41, 5.74) is 6.42. The van der Waals surface area contributed by atoms with E-state index >= 15 is 0 Å². The van der Waals surface area contributed by atoms with Gasteiger partial charge in [-0.05, 0) is 46.8 Å². The Bertz CT molecular complexity index is 343. The Morgan fingerprint density at radius 3 is 2.73 bits per heavy atom. The third-order valence-corrected chi connectivity index (χ3v) is 3.53. The number of anilines is 1. The molecule has 0 saturated heterocycles. The molecule has 1 saturated carbocycles. The van der Waals surface area contributed by atoms with Gasteiger partial charge in [0.15, 0.2) is 5.75 Å². The first-order valence-corrected chi connectivity index (χ1v) is 6.21. The number of nitrogen functional groups attached to an aromatic ring is 1. The Morgan fingerprint density at radius 2 is 2.20 bits per heavy atom. The molecule has 1 aromatic carbocycles. The van der Waals surface area contributed by atoms with E-state index in [-0.39, 0.29) is 0 Å². The second kappa shape index (κ2) is 4.62. The van der Waals surface area contributed by atoms with E-state index in [0.29, 0.717) is 22.4 Å². The Labute approximate surface area is 103 Å². The molecule has 0 aliphatic heterocycles. The molecule has 2 nitrogen and oxygen atoms in total. The van der Waals surface area contributed by atoms with Crippen molar-refractivity contribution in [1.82, 2.24) is 0 Å². The number of benzene rings is 1. The van der Waals surface area contributed by atoms with Gasteiger partial charge in [0.05, 0.1) is 16.8 Å². The molecule has 1 aliphatic carbocycles. The molecule has 2 rings (SSSR count). The topological polar surface area (TPSA) is 35.2 Å². The van der Waals surface area contributed by atoms with Crippen LogP contribution in [0.4, 0.5) is 5.69 Å². The maximum absolute atomic E-state index is 5.86. The third kappa shape index (κ3) is 2.58. The quantitative estimate of drug-likeness (QED) is 0.858. The Morgan fingerprint density at radius 1 is 1.47 bits per heavy atom. The normalized spacial score (nSPS) is 16.1. The van der Waals surface area contributed by atoms with Gasteiger partial charge in [-0.3, -0.25) is 0 Å². The molecule has 0 aromatic heterocycles. The molecule has 0 radical (unpaired) electrons. The maximum atomic E-state index is 5.86. The van der Waals surface area contributed by atoms with Crippen LogP contribution in [-0.4, -0.2) is 6.61 Å². The van der Waals surface area contributed by atoms with Crippen molar-refractivity contribution in [3.63, 3.8) is 0 Å². The number of hydrogen-bond donors (Lipinski definition) is 1. The van der Waals surface area contributed by atoms with Gasteiger partial charge < -0.3 is 10.5 Å². The zero-order valence-corrected chi connectivity index (χ0v) is 10.6. The molecule has 2 N–H and O–H groups in total. The zero-order valence-electron chi connectivity index (χ0n) is 8.30. The fraction of sp³-hybridized carbons (Fsp3) is 0.455. The first-order chi connectivity index (χ1) is 7.16. The van der Waals surface area contributed by atoms with Gasteiger partial charge in [0.2, 0.25) is 0 Å². The molecule has 0 spiro atoms. The molecular formula is C11H13BrClNO. The lowest BCUT2D eigenvalue weighted by molar-refractivity contribution is 0.180. The van der Waals surface area contributed by atoms with Crippen molar-refractivity contribution in [3.05, 3.63) is 21.6 Å². The molecule has 1 aromatic rings. The molecule has 0 atom stereocenters. The molecule has 15 heavy (non-hydrogen) atoms. The van der Waals surface area contributed by atoms with Crippen LogP contribution < -0.4 is 10.5 Å². The second-order valence-corrected chi connectivity index (χ2v) is 5.20. The number of ether oxygens (including phenoxy) is 1. The molecule has 0 heterocycles. The average Bonchev–Trinajstić information content (AvgIpc) is 2.06. The lowest BCUT2D eigenvalue weighted by atomic mass is 9.86. The van der Waals surface area contributed by atoms with Gasteiger partial charge in [-0.2, -0.15) is 0 Å². The minimum atomic E-state index is 0.591. The van der Waals surface area contributed by atoms with Gasteiger partial charge in [-0.25, -0.2) is 0 Å². The van der Waals surface area contributed by atoms with Gasteiger partial charge in [-0.15, -0.1) is 0 Å². The monoisotopic (exact) mass is 289 g/mol. The molecule has 0 bridgehead atoms. The van der Waals surface area contributed by atoms with Crippen molar-refractivity contribution in [2.24, 2.45) is 5.92 Å². The van der Waals surface area contributed by atoms with Crippen LogP contribution in [0.2, 0.25) is 5.02 Å². The Hall–Kier alpha value is -0.410. The van der Waals surface area contributed by atoms with Gasteiger partial charge in [0.1, 0.15) is 0 Å². The van der Waals surface area contributed by atoms with Crippen LogP contribution >= 0.6 is 27.5 Å². The fourth-order valence-electron chi connectivity index (χ4n) is 1.59. The number of rotatable bonds is 3. The summed E-state index contributed by atoms with van der Waals surface area (Å²) in [6.07, 6.45) is 3.86. The van der Waals surface area contributed by atoms with Crippen molar-refractivity contribution >= 4 is 33.2 Å². The minimum absolute atomic E-state index is 0.591. The number of halogens is 2. The van der Waals surface area contributed by atoms with Crippen LogP contribution in [0.3, 0.4) is 0 Å². The summed E-state index contributed by atoms with van der Waals surface area (Å²) in [5, 5.41) is 0.621. The first kappa shape index (κ1) is 11.1. The highest BCUT2D eigenvalue weighted by molar-refractivity contribution is 9.10. The van der Waals surface area contributed by atoms with Gasteiger partial charge >= 0.3 is 0 Å². The zero-order chi connectivity index (χ0) is 10.8. The SMILES string of the molecule is Nc1cc(Cl)cc(Br)c1OCC1CCC1. The predicted molar refractivity (Wildman–Crippen MR) is 66.4 cm³/mol. The molecule has 4 heteroatoms. The summed E-state index contributed by atoms with van der Waals surface area (Å²) < 4.78 is 6.52. The molecule has 0 unspecified atom stereocenters. The minimum Gasteiger partial charge on any atom is -0.490 e. The summed E-state index contributed by atoms with van der Waals surface area (Å²) in [7, 11) is 0. The van der Waals surface area contributed by atoms with Crippen molar-refractivity contribution in [2.45, 2.75) is 19.3 Å². The van der Waals surface area contributed by atoms with Gasteiger partial charge in [0, 0.05) is 5.02 Å². The van der Waals surface area contributed by atoms with E-state index in [1.54, 1.807) is 12.1 Å². The van der Waals surface area contributed by atoms with Crippen molar-refractivity contribution in [3.8, 4) is 5.75 Å². The van der Waals surface area contributed by atoms with Crippen molar-refractivity contribution in [2.75, 3.05) is 12.3 Å². The predicted octanol–water partition coefficient (Wildman–Crippen LogP) is 3.86. The van der Waals surface area contributed by atoms with E-state index in [2.05, 4.69) is 15.9 Å². The second-order valence-electron chi connectivity index (χ2n) is 3.91. The van der Waals surface area contributed by atoms with Crippen molar-refractivity contribution < 1.29 is 4.74 Å². The summed E-state index contributed by atoms with van der Waals surface area (Å²) in [5.74, 6) is 1.42. The van der Waals surface area contributed by atoms with Crippen LogP contribution in [0.5, 0.6) is 5.75 Å². The summed E-state index contributed by atoms with van der Waals surface area (Å²) in [4.78, 5) is 0. The van der Waals surface area contributed by atoms with E-state index in [1.807, 2.05) is 0 Å². The van der Waals surface area contributed by atoms with E-state index in [4.69, 9.17) is 22.1 Å². The smallest absolute Gasteiger partial charge is 0.156 e. The molecule has 1 fully saturated rings.